The lowest BCUT2D eigenvalue weighted by Crippen LogP contribution is -2.60. The molecule has 2 fully saturated rings. The summed E-state index contributed by atoms with van der Waals surface area (Å²) >= 11 is 0. The lowest BCUT2D eigenvalue weighted by atomic mass is 9.96. The molecule has 0 radical (unpaired) electrons. The highest BCUT2D eigenvalue weighted by atomic mass is 16.2. The Bertz CT molecular complexity index is 923. The summed E-state index contributed by atoms with van der Waals surface area (Å²) in [5.41, 5.74) is -0.607. The van der Waals surface area contributed by atoms with Gasteiger partial charge >= 0.3 is 6.03 Å². The number of urea groups is 1. The Morgan fingerprint density at radius 2 is 1.73 bits per heavy atom. The first-order chi connectivity index (χ1) is 17.1. The lowest BCUT2D eigenvalue weighted by Gasteiger charge is -2.35. The standard InChI is InChI=1S/C27H45N5O5/c1-10-12-17(21(33)23(35)28-13-11-2)29-22(34)20-18-16(27(18,8)9)14-32(20)24(36)19(15(3)4)30-25(37)31-26(5,6)7/h11,15-20H,2,10,12-14H2,1,3-9H3,(H,28,35)(H,29,34)(H2,30,31,37)/t16-,17?,18-,19-,20-/m0/s1. The first-order valence-electron chi connectivity index (χ1n) is 13.2. The van der Waals surface area contributed by atoms with Crippen molar-refractivity contribution in [3.05, 3.63) is 12.7 Å². The zero-order valence-corrected chi connectivity index (χ0v) is 23.6. The zero-order valence-electron chi connectivity index (χ0n) is 23.6. The highest BCUT2D eigenvalue weighted by molar-refractivity contribution is 6.38. The fraction of sp³-hybridized carbons (Fsp3) is 0.741. The summed E-state index contributed by atoms with van der Waals surface area (Å²) in [4.78, 5) is 66.5. The molecular weight excluding hydrogens is 474 g/mol. The number of carbonyl (C=O) groups excluding carboxylic acids is 5. The van der Waals surface area contributed by atoms with Gasteiger partial charge in [0, 0.05) is 18.6 Å². The average Bonchev–Trinajstić information content (AvgIpc) is 3.11. The molecule has 2 rings (SSSR count). The molecular formula is C27H45N5O5. The van der Waals surface area contributed by atoms with Crippen molar-refractivity contribution in [3.63, 3.8) is 0 Å². The molecule has 5 atom stereocenters. The van der Waals surface area contributed by atoms with Crippen LogP contribution in [0.5, 0.6) is 0 Å². The summed E-state index contributed by atoms with van der Waals surface area (Å²) in [6.07, 6.45) is 2.35. The van der Waals surface area contributed by atoms with Crippen molar-refractivity contribution in [2.45, 2.75) is 91.9 Å². The van der Waals surface area contributed by atoms with E-state index in [1.54, 1.807) is 4.90 Å². The fourth-order valence-electron chi connectivity index (χ4n) is 5.25. The van der Waals surface area contributed by atoms with Crippen molar-refractivity contribution in [3.8, 4) is 0 Å². The van der Waals surface area contributed by atoms with Crippen LogP contribution in [0.4, 0.5) is 4.79 Å². The van der Waals surface area contributed by atoms with Gasteiger partial charge in [-0.3, -0.25) is 19.2 Å². The topological polar surface area (TPSA) is 137 Å². The van der Waals surface area contributed by atoms with Gasteiger partial charge in [0.2, 0.25) is 17.6 Å². The predicted octanol–water partition coefficient (Wildman–Crippen LogP) is 1.75. The van der Waals surface area contributed by atoms with Crippen LogP contribution in [0.2, 0.25) is 0 Å². The van der Waals surface area contributed by atoms with Crippen LogP contribution < -0.4 is 21.3 Å². The van der Waals surface area contributed by atoms with Gasteiger partial charge in [0.05, 0.1) is 6.04 Å². The van der Waals surface area contributed by atoms with Gasteiger partial charge in [-0.15, -0.1) is 6.58 Å². The normalized spacial score (nSPS) is 23.4. The number of ketones is 1. The first-order valence-corrected chi connectivity index (χ1v) is 13.2. The second-order valence-electron chi connectivity index (χ2n) is 12.2. The maximum atomic E-state index is 13.7. The van der Waals surface area contributed by atoms with Gasteiger partial charge in [-0.25, -0.2) is 4.79 Å². The van der Waals surface area contributed by atoms with Crippen molar-refractivity contribution in [2.24, 2.45) is 23.2 Å². The highest BCUT2D eigenvalue weighted by Gasteiger charge is 2.69. The molecule has 4 N–H and O–H groups in total. The molecule has 10 heteroatoms. The van der Waals surface area contributed by atoms with E-state index in [0.717, 1.165) is 0 Å². The van der Waals surface area contributed by atoms with E-state index in [9.17, 15) is 24.0 Å². The van der Waals surface area contributed by atoms with E-state index in [2.05, 4.69) is 41.7 Å². The molecule has 2 aliphatic rings. The second-order valence-corrected chi connectivity index (χ2v) is 12.2. The number of hydrogen-bond acceptors (Lipinski definition) is 5. The van der Waals surface area contributed by atoms with Crippen LogP contribution in [0.25, 0.3) is 0 Å². The Hall–Kier alpha value is -2.91. The van der Waals surface area contributed by atoms with Crippen molar-refractivity contribution in [1.29, 1.82) is 0 Å². The lowest BCUT2D eigenvalue weighted by molar-refractivity contribution is -0.144. The summed E-state index contributed by atoms with van der Waals surface area (Å²) < 4.78 is 0. The van der Waals surface area contributed by atoms with Gasteiger partial charge < -0.3 is 26.2 Å². The molecule has 0 aromatic rings. The third-order valence-electron chi connectivity index (χ3n) is 7.31. The minimum absolute atomic E-state index is 0.0698. The minimum Gasteiger partial charge on any atom is -0.346 e. The number of nitrogens with one attached hydrogen (secondary N) is 4. The van der Waals surface area contributed by atoms with Crippen molar-refractivity contribution in [1.82, 2.24) is 26.2 Å². The number of carbonyl (C=O) groups is 5. The SMILES string of the molecule is C=CCNC(=O)C(=O)C(CCC)NC(=O)[C@@H]1[C@@H]2[C@H](CN1C(=O)[C@@H](NC(=O)NC(C)(C)C)C(C)C)C2(C)C. The number of amides is 5. The number of nitrogens with zero attached hydrogens (tertiary/aromatic N) is 1. The predicted molar refractivity (Wildman–Crippen MR) is 141 cm³/mol. The summed E-state index contributed by atoms with van der Waals surface area (Å²) in [7, 11) is 0. The van der Waals surface area contributed by atoms with E-state index in [-0.39, 0.29) is 35.6 Å². The Labute approximate surface area is 220 Å². The molecule has 0 aromatic carbocycles. The molecule has 1 saturated carbocycles. The molecule has 1 aliphatic heterocycles. The Balaban J connectivity index is 2.25. The highest BCUT2D eigenvalue weighted by Crippen LogP contribution is 2.64. The molecule has 0 bridgehead atoms. The summed E-state index contributed by atoms with van der Waals surface area (Å²) in [5.74, 6) is -2.42. The van der Waals surface area contributed by atoms with Gasteiger partial charge in [-0.05, 0) is 50.4 Å². The molecule has 0 aromatic heterocycles. The third-order valence-corrected chi connectivity index (χ3v) is 7.31. The molecule has 1 saturated heterocycles. The van der Waals surface area contributed by atoms with Crippen molar-refractivity contribution < 1.29 is 24.0 Å². The van der Waals surface area contributed by atoms with Crippen LogP contribution in [0.1, 0.15) is 68.2 Å². The van der Waals surface area contributed by atoms with E-state index in [4.69, 9.17) is 0 Å². The number of fused-ring (bicyclic) bond motifs is 1. The summed E-state index contributed by atoms with van der Waals surface area (Å²) in [5, 5.41) is 10.8. The van der Waals surface area contributed by atoms with Crippen molar-refractivity contribution >= 4 is 29.5 Å². The van der Waals surface area contributed by atoms with Crippen LogP contribution in [0.3, 0.4) is 0 Å². The van der Waals surface area contributed by atoms with Crippen molar-refractivity contribution in [2.75, 3.05) is 13.1 Å². The molecule has 1 unspecified atom stereocenters. The third kappa shape index (κ3) is 7.11. The van der Waals surface area contributed by atoms with Gasteiger partial charge in [-0.1, -0.05) is 47.1 Å². The molecule has 0 spiro atoms. The Morgan fingerprint density at radius 3 is 2.24 bits per heavy atom. The van der Waals surface area contributed by atoms with Crippen LogP contribution in [-0.4, -0.2) is 71.2 Å². The number of rotatable bonds is 11. The van der Waals surface area contributed by atoms with Crippen LogP contribution >= 0.6 is 0 Å². The average molecular weight is 520 g/mol. The van der Waals surface area contributed by atoms with Gasteiger partial charge in [0.15, 0.2) is 0 Å². The van der Waals surface area contributed by atoms with E-state index >= 15 is 0 Å². The van der Waals surface area contributed by atoms with Crippen LogP contribution in [-0.2, 0) is 19.2 Å². The molecule has 1 heterocycles. The molecule has 10 nitrogen and oxygen atoms in total. The van der Waals surface area contributed by atoms with Gasteiger partial charge in [-0.2, -0.15) is 0 Å². The zero-order chi connectivity index (χ0) is 28.3. The molecule has 37 heavy (non-hydrogen) atoms. The van der Waals surface area contributed by atoms with E-state index in [0.29, 0.717) is 19.4 Å². The largest absolute Gasteiger partial charge is 0.346 e. The maximum Gasteiger partial charge on any atom is 0.315 e. The van der Waals surface area contributed by atoms with Crippen LogP contribution in [0.15, 0.2) is 12.7 Å². The number of piperidine rings is 1. The smallest absolute Gasteiger partial charge is 0.315 e. The summed E-state index contributed by atoms with van der Waals surface area (Å²) in [6, 6.07) is -3.05. The van der Waals surface area contributed by atoms with E-state index < -0.39 is 47.3 Å². The molecule has 5 amide bonds. The molecule has 1 aliphatic carbocycles. The first kappa shape index (κ1) is 30.3. The second kappa shape index (κ2) is 11.6. The summed E-state index contributed by atoms with van der Waals surface area (Å²) in [6.45, 7) is 19.3. The Morgan fingerprint density at radius 1 is 1.11 bits per heavy atom. The number of likely N-dealkylation sites (tertiary alicyclic amines) is 1. The minimum atomic E-state index is -0.989. The van der Waals surface area contributed by atoms with Gasteiger partial charge in [0.25, 0.3) is 5.91 Å². The Kier molecular flexibility index (Phi) is 9.54. The van der Waals surface area contributed by atoms with Gasteiger partial charge in [0.1, 0.15) is 12.1 Å². The maximum absolute atomic E-state index is 13.7. The fourth-order valence-corrected chi connectivity index (χ4v) is 5.25. The monoisotopic (exact) mass is 519 g/mol. The van der Waals surface area contributed by atoms with E-state index in [1.807, 2.05) is 41.5 Å². The number of hydrogen-bond donors (Lipinski definition) is 4. The van der Waals surface area contributed by atoms with E-state index in [1.165, 1.54) is 6.08 Å². The van der Waals surface area contributed by atoms with Crippen LogP contribution in [0, 0.1) is 23.2 Å². The molecule has 208 valence electrons. The number of Topliss-reactive ketones (excluding diaryl/α,β-unsaturated/α-hetero) is 1. The quantitative estimate of drug-likeness (QED) is 0.244.